The number of carbonyl (C=O) groups is 1. The third-order valence-corrected chi connectivity index (χ3v) is 7.82. The summed E-state index contributed by atoms with van der Waals surface area (Å²) >= 11 is 0. The molecule has 3 aromatic rings. The molecule has 196 valence electrons. The SMILES string of the molecule is Cc1cc(C#C[C@@]23C[C@@H]2CN(C)C3)cc(C(=O)NC(c2ccc(C(F)F)cc2)c2ncn3c2C[C@@H](F)C3)n1. The molecule has 1 unspecified atom stereocenters. The minimum Gasteiger partial charge on any atom is -0.338 e. The average Bonchev–Trinajstić information content (AvgIpc) is 3.12. The zero-order valence-corrected chi connectivity index (χ0v) is 21.2. The van der Waals surface area contributed by atoms with Crippen molar-refractivity contribution in [2.45, 2.75) is 44.9 Å². The van der Waals surface area contributed by atoms with Gasteiger partial charge in [-0.05, 0) is 44.0 Å². The number of benzene rings is 1. The molecule has 38 heavy (non-hydrogen) atoms. The van der Waals surface area contributed by atoms with E-state index in [1.807, 2.05) is 13.0 Å². The normalized spacial score (nSPS) is 24.5. The van der Waals surface area contributed by atoms with Gasteiger partial charge in [-0.3, -0.25) is 4.79 Å². The lowest BCUT2D eigenvalue weighted by Gasteiger charge is -2.19. The smallest absolute Gasteiger partial charge is 0.270 e. The fraction of sp³-hybridized carbons (Fsp3) is 0.414. The van der Waals surface area contributed by atoms with E-state index in [1.165, 1.54) is 12.1 Å². The first-order chi connectivity index (χ1) is 18.2. The van der Waals surface area contributed by atoms with Crippen molar-refractivity contribution in [2.24, 2.45) is 11.3 Å². The van der Waals surface area contributed by atoms with Gasteiger partial charge >= 0.3 is 0 Å². The fourth-order valence-electron chi connectivity index (χ4n) is 5.86. The molecular weight excluding hydrogens is 491 g/mol. The van der Waals surface area contributed by atoms with Crippen molar-refractivity contribution in [1.29, 1.82) is 0 Å². The number of pyridine rings is 1. The Morgan fingerprint density at radius 3 is 2.66 bits per heavy atom. The first-order valence-electron chi connectivity index (χ1n) is 12.8. The van der Waals surface area contributed by atoms with Crippen LogP contribution in [-0.4, -0.2) is 51.7 Å². The van der Waals surface area contributed by atoms with Crippen molar-refractivity contribution >= 4 is 5.91 Å². The van der Waals surface area contributed by atoms with Gasteiger partial charge in [0.15, 0.2) is 0 Å². The van der Waals surface area contributed by atoms with Crippen molar-refractivity contribution in [3.8, 4) is 11.8 Å². The molecule has 1 N–H and O–H groups in total. The molecule has 3 aliphatic rings. The van der Waals surface area contributed by atoms with Crippen LogP contribution >= 0.6 is 0 Å². The number of halogens is 3. The Kier molecular flexibility index (Phi) is 6.03. The summed E-state index contributed by atoms with van der Waals surface area (Å²) in [6.45, 7) is 4.04. The summed E-state index contributed by atoms with van der Waals surface area (Å²) in [5.41, 5.74) is 3.28. The van der Waals surface area contributed by atoms with Gasteiger partial charge in [-0.1, -0.05) is 36.1 Å². The molecule has 1 amide bonds. The van der Waals surface area contributed by atoms with Crippen molar-refractivity contribution in [2.75, 3.05) is 20.1 Å². The summed E-state index contributed by atoms with van der Waals surface area (Å²) < 4.78 is 42.2. The summed E-state index contributed by atoms with van der Waals surface area (Å²) in [5, 5.41) is 2.98. The maximum atomic E-state index is 14.1. The Balaban J connectivity index is 1.30. The van der Waals surface area contributed by atoms with Crippen LogP contribution in [0.5, 0.6) is 0 Å². The lowest BCUT2D eigenvalue weighted by molar-refractivity contribution is 0.0936. The topological polar surface area (TPSA) is 63.1 Å². The molecule has 0 spiro atoms. The van der Waals surface area contributed by atoms with E-state index >= 15 is 0 Å². The van der Waals surface area contributed by atoms with E-state index in [2.05, 4.69) is 39.1 Å². The Labute approximate surface area is 219 Å². The predicted molar refractivity (Wildman–Crippen MR) is 135 cm³/mol. The summed E-state index contributed by atoms with van der Waals surface area (Å²) in [4.78, 5) is 24.7. The highest BCUT2D eigenvalue weighted by Crippen LogP contribution is 2.56. The number of aromatic nitrogens is 3. The highest BCUT2D eigenvalue weighted by atomic mass is 19.3. The molecule has 1 saturated carbocycles. The van der Waals surface area contributed by atoms with Gasteiger partial charge in [-0.15, -0.1) is 0 Å². The molecule has 6 nitrogen and oxygen atoms in total. The molecule has 0 radical (unpaired) electrons. The van der Waals surface area contributed by atoms with Crippen LogP contribution < -0.4 is 5.32 Å². The number of alkyl halides is 3. The van der Waals surface area contributed by atoms with Crippen LogP contribution in [0, 0.1) is 30.1 Å². The standard InChI is InChI=1S/C29H28F3N5O/c1-17-9-18(7-8-29-12-21(29)13-36(2)15-29)10-23(34-17)28(38)35-25(19-3-5-20(6-4-19)27(31)32)26-24-11-22(30)14-37(24)16-33-26/h3-6,9-10,16,21-22,25,27H,11-15H2,1-2H3,(H,35,38)/t21-,22-,25?,29+/m1/s1. The second-order valence-electron chi connectivity index (χ2n) is 10.8. The molecule has 1 saturated heterocycles. The van der Waals surface area contributed by atoms with Gasteiger partial charge in [0.05, 0.1) is 24.6 Å². The van der Waals surface area contributed by atoms with Crippen LogP contribution in [0.1, 0.15) is 63.1 Å². The maximum absolute atomic E-state index is 14.1. The highest BCUT2D eigenvalue weighted by Gasteiger charge is 2.58. The lowest BCUT2D eigenvalue weighted by atomic mass is 9.99. The Morgan fingerprint density at radius 2 is 1.95 bits per heavy atom. The summed E-state index contributed by atoms with van der Waals surface area (Å²) in [6, 6.07) is 8.53. The Bertz CT molecular complexity index is 1460. The van der Waals surface area contributed by atoms with Crippen molar-refractivity contribution < 1.29 is 18.0 Å². The van der Waals surface area contributed by atoms with Gasteiger partial charge in [0.2, 0.25) is 0 Å². The molecule has 4 atom stereocenters. The number of rotatable bonds is 5. The molecule has 2 fully saturated rings. The minimum absolute atomic E-state index is 0.0552. The average molecular weight is 520 g/mol. The maximum Gasteiger partial charge on any atom is 0.270 e. The van der Waals surface area contributed by atoms with E-state index in [4.69, 9.17) is 0 Å². The molecule has 1 aliphatic carbocycles. The predicted octanol–water partition coefficient (Wildman–Crippen LogP) is 4.24. The largest absolute Gasteiger partial charge is 0.338 e. The molecule has 2 aliphatic heterocycles. The number of piperidine rings is 1. The third kappa shape index (κ3) is 4.58. The zero-order chi connectivity index (χ0) is 26.6. The number of amides is 1. The third-order valence-electron chi connectivity index (χ3n) is 7.82. The van der Waals surface area contributed by atoms with Crippen LogP contribution in [0.2, 0.25) is 0 Å². The second-order valence-corrected chi connectivity index (χ2v) is 10.8. The molecule has 4 heterocycles. The first-order valence-corrected chi connectivity index (χ1v) is 12.8. The zero-order valence-electron chi connectivity index (χ0n) is 21.2. The van der Waals surface area contributed by atoms with Gasteiger partial charge in [-0.25, -0.2) is 23.1 Å². The molecule has 0 bridgehead atoms. The monoisotopic (exact) mass is 519 g/mol. The number of carbonyl (C=O) groups excluding carboxylic acids is 1. The quantitative estimate of drug-likeness (QED) is 0.513. The van der Waals surface area contributed by atoms with Crippen molar-refractivity contribution in [3.05, 3.63) is 82.2 Å². The molecule has 1 aromatic carbocycles. The number of hydrogen-bond donors (Lipinski definition) is 1. The van der Waals surface area contributed by atoms with E-state index in [1.54, 1.807) is 29.1 Å². The number of imidazole rings is 1. The van der Waals surface area contributed by atoms with Gasteiger partial charge in [0.25, 0.3) is 12.3 Å². The van der Waals surface area contributed by atoms with Crippen molar-refractivity contribution in [3.63, 3.8) is 0 Å². The van der Waals surface area contributed by atoms with Gasteiger partial charge in [-0.2, -0.15) is 0 Å². The van der Waals surface area contributed by atoms with Crippen molar-refractivity contribution in [1.82, 2.24) is 24.8 Å². The Hall–Kier alpha value is -3.64. The molecule has 9 heteroatoms. The van der Waals surface area contributed by atoms with E-state index < -0.39 is 24.5 Å². The number of fused-ring (bicyclic) bond motifs is 2. The van der Waals surface area contributed by atoms with E-state index in [0.29, 0.717) is 28.6 Å². The van der Waals surface area contributed by atoms with Crippen LogP contribution in [-0.2, 0) is 13.0 Å². The summed E-state index contributed by atoms with van der Waals surface area (Å²) in [5.74, 6) is 6.88. The molecular formula is C29H28F3N5O. The number of hydrogen-bond acceptors (Lipinski definition) is 4. The lowest BCUT2D eigenvalue weighted by Crippen LogP contribution is -2.31. The number of aryl methyl sites for hydroxylation is 1. The van der Waals surface area contributed by atoms with Gasteiger partial charge in [0.1, 0.15) is 11.9 Å². The number of likely N-dealkylation sites (tertiary alicyclic amines) is 1. The summed E-state index contributed by atoms with van der Waals surface area (Å²) in [6.07, 6.45) is -0.790. The Morgan fingerprint density at radius 1 is 1.18 bits per heavy atom. The van der Waals surface area contributed by atoms with Gasteiger partial charge in [0, 0.05) is 47.4 Å². The molecule has 6 rings (SSSR count). The number of nitrogens with one attached hydrogen (secondary N) is 1. The van der Waals surface area contributed by atoms with E-state index in [9.17, 15) is 18.0 Å². The minimum atomic E-state index is -2.60. The van der Waals surface area contributed by atoms with Crippen LogP contribution in [0.3, 0.4) is 0 Å². The fourth-order valence-corrected chi connectivity index (χ4v) is 5.86. The number of nitrogens with zero attached hydrogens (tertiary/aromatic N) is 4. The summed E-state index contributed by atoms with van der Waals surface area (Å²) in [7, 11) is 2.11. The van der Waals surface area contributed by atoms with Crippen LogP contribution in [0.15, 0.2) is 42.7 Å². The van der Waals surface area contributed by atoms with E-state index in [0.717, 1.165) is 25.1 Å². The van der Waals surface area contributed by atoms with Gasteiger partial charge < -0.3 is 14.8 Å². The highest BCUT2D eigenvalue weighted by molar-refractivity contribution is 5.93. The second kappa shape index (κ2) is 9.28. The van der Waals surface area contributed by atoms with Crippen LogP contribution in [0.4, 0.5) is 13.2 Å². The molecule has 2 aromatic heterocycles. The van der Waals surface area contributed by atoms with Crippen LogP contribution in [0.25, 0.3) is 0 Å². The first kappa shape index (κ1) is 24.7. The van der Waals surface area contributed by atoms with E-state index in [-0.39, 0.29) is 29.6 Å².